The SMILES string of the molecule is CCN(CCC(=O)O)C(=O)/C=C/c1c(C)nn(C)c1Cl. The number of likely N-dealkylation sites (N-methyl/N-ethyl adjacent to an activating group) is 1. The summed E-state index contributed by atoms with van der Waals surface area (Å²) >= 11 is 6.06. The van der Waals surface area contributed by atoms with Gasteiger partial charge in [0.15, 0.2) is 0 Å². The highest BCUT2D eigenvalue weighted by Crippen LogP contribution is 2.20. The third-order valence-corrected chi connectivity index (χ3v) is 3.33. The van der Waals surface area contributed by atoms with Crippen LogP contribution in [0.2, 0.25) is 5.15 Å². The van der Waals surface area contributed by atoms with Crippen LogP contribution in [0.4, 0.5) is 0 Å². The summed E-state index contributed by atoms with van der Waals surface area (Å²) in [6.07, 6.45) is 2.93. The molecule has 0 fully saturated rings. The van der Waals surface area contributed by atoms with Crippen molar-refractivity contribution < 1.29 is 14.7 Å². The number of aromatic nitrogens is 2. The summed E-state index contributed by atoms with van der Waals surface area (Å²) in [5.41, 5.74) is 1.42. The Morgan fingerprint density at radius 3 is 2.60 bits per heavy atom. The topological polar surface area (TPSA) is 75.4 Å². The number of carboxylic acids is 1. The highest BCUT2D eigenvalue weighted by atomic mass is 35.5. The van der Waals surface area contributed by atoms with E-state index in [1.54, 1.807) is 27.0 Å². The number of carboxylic acid groups (broad SMARTS) is 1. The number of hydrogen-bond acceptors (Lipinski definition) is 3. The molecule has 7 heteroatoms. The summed E-state index contributed by atoms with van der Waals surface area (Å²) in [6, 6.07) is 0. The molecule has 20 heavy (non-hydrogen) atoms. The van der Waals surface area contributed by atoms with Gasteiger partial charge in [0.05, 0.1) is 12.1 Å². The van der Waals surface area contributed by atoms with Crippen LogP contribution in [0.5, 0.6) is 0 Å². The summed E-state index contributed by atoms with van der Waals surface area (Å²) in [4.78, 5) is 24.0. The van der Waals surface area contributed by atoms with Gasteiger partial charge in [0.1, 0.15) is 5.15 Å². The Morgan fingerprint density at radius 1 is 1.50 bits per heavy atom. The lowest BCUT2D eigenvalue weighted by molar-refractivity contribution is -0.137. The number of aliphatic carboxylic acids is 1. The molecule has 0 saturated heterocycles. The van der Waals surface area contributed by atoms with Crippen LogP contribution in [0.25, 0.3) is 6.08 Å². The summed E-state index contributed by atoms with van der Waals surface area (Å²) in [7, 11) is 1.72. The second-order valence-electron chi connectivity index (χ2n) is 4.31. The number of aryl methyl sites for hydroxylation is 2. The Balaban J connectivity index is 2.77. The molecule has 1 heterocycles. The van der Waals surface area contributed by atoms with Crippen molar-refractivity contribution in [3.8, 4) is 0 Å². The summed E-state index contributed by atoms with van der Waals surface area (Å²) in [6.45, 7) is 4.25. The van der Waals surface area contributed by atoms with Crippen molar-refractivity contribution in [2.75, 3.05) is 13.1 Å². The number of nitrogens with zero attached hydrogens (tertiary/aromatic N) is 3. The average molecular weight is 300 g/mol. The molecule has 0 atom stereocenters. The lowest BCUT2D eigenvalue weighted by Crippen LogP contribution is -2.31. The van der Waals surface area contributed by atoms with E-state index in [-0.39, 0.29) is 18.9 Å². The van der Waals surface area contributed by atoms with Crippen molar-refractivity contribution in [2.45, 2.75) is 20.3 Å². The zero-order valence-electron chi connectivity index (χ0n) is 11.8. The molecule has 6 nitrogen and oxygen atoms in total. The van der Waals surface area contributed by atoms with Crippen LogP contribution in [0.1, 0.15) is 24.6 Å². The van der Waals surface area contributed by atoms with E-state index >= 15 is 0 Å². The highest BCUT2D eigenvalue weighted by Gasteiger charge is 2.12. The van der Waals surface area contributed by atoms with E-state index in [0.717, 1.165) is 5.69 Å². The average Bonchev–Trinajstić information content (AvgIpc) is 2.61. The summed E-state index contributed by atoms with van der Waals surface area (Å²) < 4.78 is 1.53. The Labute approximate surface area is 122 Å². The molecule has 0 unspecified atom stereocenters. The second-order valence-corrected chi connectivity index (χ2v) is 4.67. The number of carbonyl (C=O) groups is 2. The zero-order chi connectivity index (χ0) is 15.3. The van der Waals surface area contributed by atoms with Crippen molar-refractivity contribution in [1.82, 2.24) is 14.7 Å². The largest absolute Gasteiger partial charge is 0.481 e. The maximum absolute atomic E-state index is 12.0. The molecular weight excluding hydrogens is 282 g/mol. The van der Waals surface area contributed by atoms with Gasteiger partial charge in [-0.15, -0.1) is 0 Å². The Hall–Kier alpha value is -1.82. The van der Waals surface area contributed by atoms with Crippen LogP contribution < -0.4 is 0 Å². The van der Waals surface area contributed by atoms with Crippen LogP contribution in [0.15, 0.2) is 6.08 Å². The molecular formula is C13H18ClN3O3. The van der Waals surface area contributed by atoms with E-state index in [4.69, 9.17) is 16.7 Å². The van der Waals surface area contributed by atoms with Crippen LogP contribution in [-0.2, 0) is 16.6 Å². The Bertz CT molecular complexity index is 537. The summed E-state index contributed by atoms with van der Waals surface area (Å²) in [5, 5.41) is 13.2. The van der Waals surface area contributed by atoms with Gasteiger partial charge in [-0.05, 0) is 19.9 Å². The molecule has 0 spiro atoms. The number of halogens is 1. The Kier molecular flexibility index (Phi) is 5.76. The minimum atomic E-state index is -0.925. The number of carbonyl (C=O) groups excluding carboxylic acids is 1. The number of rotatable bonds is 6. The molecule has 0 aliphatic carbocycles. The summed E-state index contributed by atoms with van der Waals surface area (Å²) in [5.74, 6) is -1.17. The molecule has 0 aromatic carbocycles. The lowest BCUT2D eigenvalue weighted by Gasteiger charge is -2.17. The van der Waals surface area contributed by atoms with Crippen LogP contribution in [0, 0.1) is 6.92 Å². The van der Waals surface area contributed by atoms with Gasteiger partial charge in [-0.1, -0.05) is 11.6 Å². The van der Waals surface area contributed by atoms with E-state index in [1.807, 2.05) is 0 Å². The quantitative estimate of drug-likeness (QED) is 0.812. The molecule has 1 aromatic rings. The first kappa shape index (κ1) is 16.2. The number of hydrogen-bond donors (Lipinski definition) is 1. The third kappa shape index (κ3) is 4.09. The van der Waals surface area contributed by atoms with Crippen molar-refractivity contribution >= 4 is 29.6 Å². The van der Waals surface area contributed by atoms with Gasteiger partial charge in [-0.25, -0.2) is 0 Å². The molecule has 1 aromatic heterocycles. The fraction of sp³-hybridized carbons (Fsp3) is 0.462. The second kappa shape index (κ2) is 7.09. The molecule has 1 N–H and O–H groups in total. The smallest absolute Gasteiger partial charge is 0.305 e. The van der Waals surface area contributed by atoms with Crippen molar-refractivity contribution in [3.05, 3.63) is 22.5 Å². The standard InChI is InChI=1S/C13H18ClN3O3/c1-4-17(8-7-12(19)20)11(18)6-5-10-9(2)15-16(3)13(10)14/h5-6H,4,7-8H2,1-3H3,(H,19,20)/b6-5+. The minimum Gasteiger partial charge on any atom is -0.481 e. The van der Waals surface area contributed by atoms with Gasteiger partial charge in [-0.2, -0.15) is 5.10 Å². The molecule has 0 aliphatic heterocycles. The third-order valence-electron chi connectivity index (χ3n) is 2.88. The zero-order valence-corrected chi connectivity index (χ0v) is 12.5. The lowest BCUT2D eigenvalue weighted by atomic mass is 10.2. The van der Waals surface area contributed by atoms with E-state index in [9.17, 15) is 9.59 Å². The van der Waals surface area contributed by atoms with E-state index in [2.05, 4.69) is 5.10 Å². The molecule has 0 aliphatic rings. The number of amides is 1. The van der Waals surface area contributed by atoms with Crippen LogP contribution >= 0.6 is 11.6 Å². The minimum absolute atomic E-state index is 0.0693. The normalized spacial score (nSPS) is 11.0. The Morgan fingerprint density at radius 2 is 2.15 bits per heavy atom. The first-order valence-corrected chi connectivity index (χ1v) is 6.62. The van der Waals surface area contributed by atoms with Crippen LogP contribution in [-0.4, -0.2) is 44.8 Å². The molecule has 1 rings (SSSR count). The predicted octanol–water partition coefficient (Wildman–Crippen LogP) is 1.72. The molecule has 0 radical (unpaired) electrons. The first-order valence-electron chi connectivity index (χ1n) is 6.24. The van der Waals surface area contributed by atoms with Gasteiger partial charge >= 0.3 is 5.97 Å². The highest BCUT2D eigenvalue weighted by molar-refractivity contribution is 6.31. The molecule has 0 bridgehead atoms. The maximum Gasteiger partial charge on any atom is 0.305 e. The molecule has 1 amide bonds. The predicted molar refractivity (Wildman–Crippen MR) is 76.5 cm³/mol. The van der Waals surface area contributed by atoms with Crippen molar-refractivity contribution in [2.24, 2.45) is 7.05 Å². The monoisotopic (exact) mass is 299 g/mol. The van der Waals surface area contributed by atoms with E-state index < -0.39 is 5.97 Å². The maximum atomic E-state index is 12.0. The van der Waals surface area contributed by atoms with Gasteiger partial charge in [-0.3, -0.25) is 14.3 Å². The van der Waals surface area contributed by atoms with Crippen molar-refractivity contribution in [3.63, 3.8) is 0 Å². The van der Waals surface area contributed by atoms with Crippen LogP contribution in [0.3, 0.4) is 0 Å². The van der Waals surface area contributed by atoms with E-state index in [0.29, 0.717) is 17.3 Å². The van der Waals surface area contributed by atoms with Gasteiger partial charge in [0, 0.05) is 31.8 Å². The van der Waals surface area contributed by atoms with E-state index in [1.165, 1.54) is 15.7 Å². The van der Waals surface area contributed by atoms with Gasteiger partial charge in [0.2, 0.25) is 5.91 Å². The van der Waals surface area contributed by atoms with Gasteiger partial charge < -0.3 is 10.0 Å². The molecule has 0 saturated carbocycles. The first-order chi connectivity index (χ1) is 9.36. The molecule has 110 valence electrons. The fourth-order valence-corrected chi connectivity index (χ4v) is 1.99. The fourth-order valence-electron chi connectivity index (χ4n) is 1.75. The van der Waals surface area contributed by atoms with Gasteiger partial charge in [0.25, 0.3) is 0 Å². The van der Waals surface area contributed by atoms with Crippen molar-refractivity contribution in [1.29, 1.82) is 0 Å².